The van der Waals surface area contributed by atoms with Crippen LogP contribution >= 0.6 is 0 Å². The van der Waals surface area contributed by atoms with E-state index in [2.05, 4.69) is 65.7 Å². The predicted molar refractivity (Wildman–Crippen MR) is 70.8 cm³/mol. The van der Waals surface area contributed by atoms with E-state index in [9.17, 15) is 0 Å². The van der Waals surface area contributed by atoms with Crippen LogP contribution in [0.15, 0.2) is 24.5 Å². The lowest BCUT2D eigenvalue weighted by molar-refractivity contribution is 0.331. The molecule has 1 aromatic carbocycles. The summed E-state index contributed by atoms with van der Waals surface area (Å²) in [5.41, 5.74) is 3.60. The second kappa shape index (κ2) is 4.85. The van der Waals surface area contributed by atoms with Crippen LogP contribution in [0.1, 0.15) is 5.56 Å². The zero-order valence-corrected chi connectivity index (χ0v) is 11.0. The molecule has 92 valence electrons. The van der Waals surface area contributed by atoms with Crippen molar-refractivity contribution in [1.82, 2.24) is 19.4 Å². The Bertz CT molecular complexity index is 499. The Morgan fingerprint density at radius 2 is 1.88 bits per heavy atom. The van der Waals surface area contributed by atoms with Gasteiger partial charge in [0.1, 0.15) is 0 Å². The molecular formula is C13H20N4. The summed E-state index contributed by atoms with van der Waals surface area (Å²) in [5, 5.41) is 0. The van der Waals surface area contributed by atoms with E-state index in [0.29, 0.717) is 0 Å². The topological polar surface area (TPSA) is 24.3 Å². The number of hydrogen-bond acceptors (Lipinski definition) is 3. The van der Waals surface area contributed by atoms with Crippen molar-refractivity contribution in [3.05, 3.63) is 30.1 Å². The molecule has 0 amide bonds. The van der Waals surface area contributed by atoms with Crippen molar-refractivity contribution in [2.75, 3.05) is 28.2 Å². The van der Waals surface area contributed by atoms with Crippen LogP contribution in [0.2, 0.25) is 0 Å². The molecule has 1 aromatic heterocycles. The fourth-order valence-electron chi connectivity index (χ4n) is 2.03. The molecule has 0 bridgehead atoms. The number of para-hydroxylation sites is 1. The molecule has 2 aromatic rings. The normalized spacial score (nSPS) is 11.9. The summed E-state index contributed by atoms with van der Waals surface area (Å²) in [7, 11) is 8.29. The van der Waals surface area contributed by atoms with E-state index < -0.39 is 0 Å². The first-order valence-electron chi connectivity index (χ1n) is 5.80. The van der Waals surface area contributed by atoms with Gasteiger partial charge < -0.3 is 9.47 Å². The first-order chi connectivity index (χ1) is 8.08. The second-order valence-electron chi connectivity index (χ2n) is 4.96. The summed E-state index contributed by atoms with van der Waals surface area (Å²) >= 11 is 0. The molecule has 0 unspecified atom stereocenters. The number of fused-ring (bicyclic) bond motifs is 1. The average Bonchev–Trinajstić information content (AvgIpc) is 2.61. The Labute approximate surface area is 102 Å². The molecule has 0 aliphatic rings. The van der Waals surface area contributed by atoms with E-state index >= 15 is 0 Å². The van der Waals surface area contributed by atoms with Gasteiger partial charge in [-0.3, -0.25) is 4.90 Å². The van der Waals surface area contributed by atoms with E-state index in [4.69, 9.17) is 0 Å². The van der Waals surface area contributed by atoms with E-state index in [-0.39, 0.29) is 0 Å². The largest absolute Gasteiger partial charge is 0.317 e. The number of hydrogen-bond donors (Lipinski definition) is 0. The lowest BCUT2D eigenvalue weighted by Crippen LogP contribution is -2.16. The quantitative estimate of drug-likeness (QED) is 0.800. The van der Waals surface area contributed by atoms with E-state index in [1.54, 1.807) is 0 Å². The van der Waals surface area contributed by atoms with Crippen molar-refractivity contribution in [2.45, 2.75) is 13.2 Å². The van der Waals surface area contributed by atoms with Crippen molar-refractivity contribution < 1.29 is 0 Å². The van der Waals surface area contributed by atoms with Crippen LogP contribution in [0.4, 0.5) is 0 Å². The van der Waals surface area contributed by atoms with Gasteiger partial charge in [-0.25, -0.2) is 4.98 Å². The monoisotopic (exact) mass is 232 g/mol. The molecule has 1 heterocycles. The Kier molecular flexibility index (Phi) is 3.45. The third-order valence-corrected chi connectivity index (χ3v) is 2.66. The van der Waals surface area contributed by atoms with Crippen molar-refractivity contribution in [3.8, 4) is 0 Å². The van der Waals surface area contributed by atoms with Crippen molar-refractivity contribution in [1.29, 1.82) is 0 Å². The Hall–Kier alpha value is -1.39. The van der Waals surface area contributed by atoms with Gasteiger partial charge in [0.05, 0.1) is 24.0 Å². The van der Waals surface area contributed by atoms with Gasteiger partial charge in [0.2, 0.25) is 0 Å². The SMILES string of the molecule is CN(C)Cc1cccc2c1ncn2CN(C)C. The molecule has 0 atom stereocenters. The average molecular weight is 232 g/mol. The predicted octanol–water partition coefficient (Wildman–Crippen LogP) is 1.62. The van der Waals surface area contributed by atoms with Gasteiger partial charge in [0.15, 0.2) is 0 Å². The third kappa shape index (κ3) is 2.65. The van der Waals surface area contributed by atoms with Gasteiger partial charge in [-0.2, -0.15) is 0 Å². The van der Waals surface area contributed by atoms with Gasteiger partial charge in [0.25, 0.3) is 0 Å². The third-order valence-electron chi connectivity index (χ3n) is 2.66. The second-order valence-corrected chi connectivity index (χ2v) is 4.96. The maximum absolute atomic E-state index is 4.53. The van der Waals surface area contributed by atoms with Crippen LogP contribution < -0.4 is 0 Å². The van der Waals surface area contributed by atoms with E-state index in [1.807, 2.05) is 6.33 Å². The first-order valence-corrected chi connectivity index (χ1v) is 5.80. The molecule has 4 heteroatoms. The molecule has 0 fully saturated rings. The van der Waals surface area contributed by atoms with Gasteiger partial charge in [-0.05, 0) is 39.8 Å². The number of rotatable bonds is 4. The molecule has 4 nitrogen and oxygen atoms in total. The van der Waals surface area contributed by atoms with E-state index in [1.165, 1.54) is 11.1 Å². The van der Waals surface area contributed by atoms with Crippen molar-refractivity contribution >= 4 is 11.0 Å². The highest BCUT2D eigenvalue weighted by atomic mass is 15.2. The van der Waals surface area contributed by atoms with Crippen LogP contribution in [0, 0.1) is 0 Å². The fraction of sp³-hybridized carbons (Fsp3) is 0.462. The smallest absolute Gasteiger partial charge is 0.0969 e. The van der Waals surface area contributed by atoms with Crippen molar-refractivity contribution in [2.24, 2.45) is 0 Å². The highest BCUT2D eigenvalue weighted by molar-refractivity contribution is 5.78. The maximum Gasteiger partial charge on any atom is 0.0969 e. The number of aromatic nitrogens is 2. The molecule has 0 spiro atoms. The zero-order chi connectivity index (χ0) is 12.4. The van der Waals surface area contributed by atoms with Gasteiger partial charge in [-0.1, -0.05) is 12.1 Å². The number of nitrogens with zero attached hydrogens (tertiary/aromatic N) is 4. The Morgan fingerprint density at radius 1 is 1.12 bits per heavy atom. The fourth-order valence-corrected chi connectivity index (χ4v) is 2.03. The summed E-state index contributed by atoms with van der Waals surface area (Å²) in [6.07, 6.45) is 1.92. The highest BCUT2D eigenvalue weighted by Gasteiger charge is 2.07. The molecular weight excluding hydrogens is 212 g/mol. The molecule has 0 aliphatic carbocycles. The molecule has 17 heavy (non-hydrogen) atoms. The summed E-state index contributed by atoms with van der Waals surface area (Å²) in [6, 6.07) is 6.38. The standard InChI is InChI=1S/C13H20N4/c1-15(2)8-11-6-5-7-12-13(11)14-9-17(12)10-16(3)4/h5-7,9H,8,10H2,1-4H3. The minimum Gasteiger partial charge on any atom is -0.317 e. The molecule has 0 N–H and O–H groups in total. The summed E-state index contributed by atoms with van der Waals surface area (Å²) < 4.78 is 2.18. The van der Waals surface area contributed by atoms with Crippen LogP contribution in [0.25, 0.3) is 11.0 Å². The Morgan fingerprint density at radius 3 is 2.53 bits per heavy atom. The Balaban J connectivity index is 2.41. The maximum atomic E-state index is 4.53. The highest BCUT2D eigenvalue weighted by Crippen LogP contribution is 2.18. The summed E-state index contributed by atoms with van der Waals surface area (Å²) in [6.45, 7) is 1.79. The van der Waals surface area contributed by atoms with Gasteiger partial charge in [0, 0.05) is 6.54 Å². The molecule has 2 rings (SSSR count). The molecule has 0 saturated heterocycles. The van der Waals surface area contributed by atoms with Gasteiger partial charge >= 0.3 is 0 Å². The lowest BCUT2D eigenvalue weighted by atomic mass is 10.2. The first kappa shape index (κ1) is 12.1. The van der Waals surface area contributed by atoms with Crippen molar-refractivity contribution in [3.63, 3.8) is 0 Å². The summed E-state index contributed by atoms with van der Waals surface area (Å²) in [4.78, 5) is 8.84. The van der Waals surface area contributed by atoms with Crippen LogP contribution in [-0.2, 0) is 13.2 Å². The van der Waals surface area contributed by atoms with E-state index in [0.717, 1.165) is 18.7 Å². The number of imidazole rings is 1. The van der Waals surface area contributed by atoms with Gasteiger partial charge in [-0.15, -0.1) is 0 Å². The lowest BCUT2D eigenvalue weighted by Gasteiger charge is -2.12. The summed E-state index contributed by atoms with van der Waals surface area (Å²) in [5.74, 6) is 0. The number of benzene rings is 1. The van der Waals surface area contributed by atoms with Crippen LogP contribution in [-0.4, -0.2) is 47.5 Å². The molecule has 0 saturated carbocycles. The zero-order valence-electron chi connectivity index (χ0n) is 11.0. The minimum atomic E-state index is 0.863. The molecule has 0 radical (unpaired) electrons. The van der Waals surface area contributed by atoms with Crippen LogP contribution in [0.3, 0.4) is 0 Å². The van der Waals surface area contributed by atoms with Crippen LogP contribution in [0.5, 0.6) is 0 Å². The molecule has 0 aliphatic heterocycles. The minimum absolute atomic E-state index is 0.863.